The normalized spacial score (nSPS) is 11.3. The first-order valence-electron chi connectivity index (χ1n) is 4.73. The van der Waals surface area contributed by atoms with Gasteiger partial charge in [0.15, 0.2) is 0 Å². The van der Waals surface area contributed by atoms with Gasteiger partial charge in [0.05, 0.1) is 7.85 Å². The van der Waals surface area contributed by atoms with Crippen LogP contribution in [0.4, 0.5) is 18.9 Å². The molecule has 1 N–H and O–H groups in total. The second-order valence-corrected chi connectivity index (χ2v) is 3.52. The van der Waals surface area contributed by atoms with Crippen molar-refractivity contribution < 1.29 is 18.0 Å². The Kier molecular flexibility index (Phi) is 3.90. The van der Waals surface area contributed by atoms with Crippen LogP contribution in [0, 0.1) is 6.92 Å². The number of hydrogen-bond acceptors (Lipinski definition) is 1. The van der Waals surface area contributed by atoms with Crippen LogP contribution in [0.3, 0.4) is 0 Å². The summed E-state index contributed by atoms with van der Waals surface area (Å²) in [6.07, 6.45) is -4.95. The maximum Gasteiger partial charge on any atom is 0.471 e. The lowest BCUT2D eigenvalue weighted by molar-refractivity contribution is -0.167. The molecule has 1 rings (SSSR count). The van der Waals surface area contributed by atoms with Crippen molar-refractivity contribution in [2.75, 3.05) is 5.32 Å². The van der Waals surface area contributed by atoms with Gasteiger partial charge in [-0.3, -0.25) is 4.79 Å². The lowest BCUT2D eigenvalue weighted by atomic mass is 9.85. The summed E-state index contributed by atoms with van der Waals surface area (Å²) < 4.78 is 36.2. The predicted molar refractivity (Wildman–Crippen MR) is 60.7 cm³/mol. The molecule has 4 radical (unpaired) electrons. The van der Waals surface area contributed by atoms with E-state index in [2.05, 4.69) is 0 Å². The minimum Gasteiger partial charge on any atom is -0.318 e. The molecule has 0 saturated carbocycles. The number of benzene rings is 1. The number of rotatable bonds is 2. The van der Waals surface area contributed by atoms with Crippen molar-refractivity contribution in [2.24, 2.45) is 0 Å². The van der Waals surface area contributed by atoms with Crippen molar-refractivity contribution in [3.63, 3.8) is 0 Å². The SMILES string of the molecule is [B]Cc1cc([B])c(C)cc1NC(=O)C(F)(F)F. The van der Waals surface area contributed by atoms with E-state index < -0.39 is 12.1 Å². The van der Waals surface area contributed by atoms with E-state index in [-0.39, 0.29) is 12.0 Å². The summed E-state index contributed by atoms with van der Waals surface area (Å²) in [5.74, 6) is -2.03. The minimum atomic E-state index is -4.93. The van der Waals surface area contributed by atoms with Crippen LogP contribution in [0.1, 0.15) is 11.1 Å². The predicted octanol–water partition coefficient (Wildman–Crippen LogP) is 0.958. The largest absolute Gasteiger partial charge is 0.471 e. The second kappa shape index (κ2) is 4.85. The molecule has 0 saturated heterocycles. The van der Waals surface area contributed by atoms with Gasteiger partial charge in [0, 0.05) is 5.69 Å². The van der Waals surface area contributed by atoms with Crippen LogP contribution in [0.2, 0.25) is 0 Å². The Morgan fingerprint density at radius 3 is 2.47 bits per heavy atom. The fourth-order valence-electron chi connectivity index (χ4n) is 1.25. The first-order chi connectivity index (χ1) is 7.75. The summed E-state index contributed by atoms with van der Waals surface area (Å²) >= 11 is 0. The number of nitrogens with one attached hydrogen (secondary N) is 1. The molecule has 0 aromatic heterocycles. The highest BCUT2D eigenvalue weighted by molar-refractivity contribution is 6.33. The van der Waals surface area contributed by atoms with Crippen LogP contribution < -0.4 is 10.8 Å². The average molecular weight is 237 g/mol. The van der Waals surface area contributed by atoms with Gasteiger partial charge in [-0.1, -0.05) is 23.4 Å². The molecule has 0 atom stereocenters. The van der Waals surface area contributed by atoms with Crippen molar-refractivity contribution in [1.82, 2.24) is 0 Å². The zero-order chi connectivity index (χ0) is 13.2. The van der Waals surface area contributed by atoms with Gasteiger partial charge in [-0.15, -0.1) is 0 Å². The van der Waals surface area contributed by atoms with Gasteiger partial charge in [0.1, 0.15) is 7.85 Å². The Balaban J connectivity index is 3.06. The molecule has 0 bridgehead atoms. The highest BCUT2D eigenvalue weighted by Gasteiger charge is 2.38. The van der Waals surface area contributed by atoms with Crippen molar-refractivity contribution in [3.8, 4) is 0 Å². The number of hydrogen-bond donors (Lipinski definition) is 1. The molecule has 0 aliphatic heterocycles. The smallest absolute Gasteiger partial charge is 0.318 e. The van der Waals surface area contributed by atoms with Crippen molar-refractivity contribution in [2.45, 2.75) is 19.4 Å². The molecule has 0 heterocycles. The molecule has 0 unspecified atom stereocenters. The number of anilines is 1. The first kappa shape index (κ1) is 13.7. The molecule has 17 heavy (non-hydrogen) atoms. The number of aryl methyl sites for hydroxylation is 1. The fourth-order valence-corrected chi connectivity index (χ4v) is 1.25. The van der Waals surface area contributed by atoms with E-state index in [1.807, 2.05) is 0 Å². The molecule has 0 fully saturated rings. The lowest BCUT2D eigenvalue weighted by Gasteiger charge is -2.14. The number of alkyl halides is 3. The Hall–Kier alpha value is -1.39. The zero-order valence-corrected chi connectivity index (χ0v) is 9.06. The van der Waals surface area contributed by atoms with Crippen molar-refractivity contribution >= 4 is 32.7 Å². The van der Waals surface area contributed by atoms with E-state index in [9.17, 15) is 18.0 Å². The zero-order valence-electron chi connectivity index (χ0n) is 9.06. The van der Waals surface area contributed by atoms with Crippen LogP contribution in [-0.2, 0) is 11.1 Å². The van der Waals surface area contributed by atoms with Gasteiger partial charge in [-0.05, 0) is 18.6 Å². The van der Waals surface area contributed by atoms with E-state index in [1.54, 1.807) is 12.2 Å². The summed E-state index contributed by atoms with van der Waals surface area (Å²) in [6, 6.07) is 2.81. The number of carbonyl (C=O) groups is 1. The summed E-state index contributed by atoms with van der Waals surface area (Å²) in [6.45, 7) is 1.62. The molecule has 1 aromatic rings. The van der Waals surface area contributed by atoms with Gasteiger partial charge in [-0.2, -0.15) is 13.2 Å². The molecule has 0 spiro atoms. The van der Waals surface area contributed by atoms with Gasteiger partial charge in [0.25, 0.3) is 0 Å². The van der Waals surface area contributed by atoms with E-state index in [4.69, 9.17) is 15.7 Å². The van der Waals surface area contributed by atoms with Crippen LogP contribution in [-0.4, -0.2) is 27.8 Å². The van der Waals surface area contributed by atoms with Crippen LogP contribution in [0.15, 0.2) is 12.1 Å². The number of halogens is 3. The third-order valence-corrected chi connectivity index (χ3v) is 2.22. The van der Waals surface area contributed by atoms with Crippen LogP contribution >= 0.6 is 0 Å². The van der Waals surface area contributed by atoms with Gasteiger partial charge in [0.2, 0.25) is 0 Å². The van der Waals surface area contributed by atoms with Gasteiger partial charge in [-0.25, -0.2) is 0 Å². The molecular weight excluding hydrogens is 229 g/mol. The minimum absolute atomic E-state index is 0.0159. The van der Waals surface area contributed by atoms with Crippen molar-refractivity contribution in [1.29, 1.82) is 0 Å². The number of carbonyl (C=O) groups excluding carboxylic acids is 1. The molecule has 0 aliphatic carbocycles. The van der Waals surface area contributed by atoms with Gasteiger partial charge < -0.3 is 5.32 Å². The van der Waals surface area contributed by atoms with Crippen LogP contribution in [0.5, 0.6) is 0 Å². The summed E-state index contributed by atoms with van der Waals surface area (Å²) in [4.78, 5) is 10.8. The molecule has 2 nitrogen and oxygen atoms in total. The Morgan fingerprint density at radius 2 is 2.00 bits per heavy atom. The molecule has 7 heteroatoms. The molecule has 1 amide bonds. The first-order valence-corrected chi connectivity index (χ1v) is 4.73. The van der Waals surface area contributed by atoms with E-state index >= 15 is 0 Å². The summed E-state index contributed by atoms with van der Waals surface area (Å²) in [7, 11) is 11.0. The standard InChI is InChI=1S/C10H8B2F3NO/c1-5-2-8(6(4-11)3-7(5)12)16-9(17)10(13,14)15/h2-3H,4H2,1H3,(H,16,17). The lowest BCUT2D eigenvalue weighted by Crippen LogP contribution is -2.30. The molecule has 1 aromatic carbocycles. The van der Waals surface area contributed by atoms with Crippen molar-refractivity contribution in [3.05, 3.63) is 23.3 Å². The van der Waals surface area contributed by atoms with Gasteiger partial charge >= 0.3 is 12.1 Å². The van der Waals surface area contributed by atoms with E-state index in [1.165, 1.54) is 12.1 Å². The number of amides is 1. The molecule has 0 aliphatic rings. The van der Waals surface area contributed by atoms with E-state index in [0.717, 1.165) is 0 Å². The highest BCUT2D eigenvalue weighted by atomic mass is 19.4. The summed E-state index contributed by atoms with van der Waals surface area (Å²) in [5.41, 5.74) is 1.36. The monoisotopic (exact) mass is 237 g/mol. The van der Waals surface area contributed by atoms with E-state index in [0.29, 0.717) is 16.6 Å². The summed E-state index contributed by atoms with van der Waals surface area (Å²) in [5, 5.41) is 1.77. The third-order valence-electron chi connectivity index (χ3n) is 2.22. The molecule has 86 valence electrons. The highest BCUT2D eigenvalue weighted by Crippen LogP contribution is 2.21. The maximum absolute atomic E-state index is 12.1. The fraction of sp³-hybridized carbons (Fsp3) is 0.300. The maximum atomic E-state index is 12.1. The second-order valence-electron chi connectivity index (χ2n) is 3.52. The molecular formula is C10H8B2F3NO. The third kappa shape index (κ3) is 3.28. The topological polar surface area (TPSA) is 29.1 Å². The average Bonchev–Trinajstić information content (AvgIpc) is 2.21. The Bertz CT molecular complexity index is 446. The quantitative estimate of drug-likeness (QED) is 0.762. The van der Waals surface area contributed by atoms with Crippen LogP contribution in [0.25, 0.3) is 0 Å². The Labute approximate surface area is 99.4 Å². The Morgan fingerprint density at radius 1 is 1.41 bits per heavy atom.